The van der Waals surface area contributed by atoms with Gasteiger partial charge in [-0.1, -0.05) is 30.3 Å². The number of ether oxygens (including phenoxy) is 2. The third kappa shape index (κ3) is 6.38. The van der Waals surface area contributed by atoms with E-state index in [0.29, 0.717) is 24.7 Å². The molecule has 3 aromatic carbocycles. The van der Waals surface area contributed by atoms with Gasteiger partial charge in [0.2, 0.25) is 0 Å². The Balaban J connectivity index is 1.67. The summed E-state index contributed by atoms with van der Waals surface area (Å²) >= 11 is 2.22. The molecule has 0 aliphatic rings. The van der Waals surface area contributed by atoms with Crippen LogP contribution in [0.25, 0.3) is 0 Å². The fraction of sp³-hybridized carbons (Fsp3) is 0.208. The SMILES string of the molecule is CCOc1cc(CNc2cccc(C)c2)cc(I)c1OCC(=O)Nc1ccccc1. The maximum Gasteiger partial charge on any atom is 0.262 e. The van der Waals surface area contributed by atoms with Crippen LogP contribution in [0.4, 0.5) is 11.4 Å². The molecule has 0 radical (unpaired) electrons. The van der Waals surface area contributed by atoms with Crippen molar-refractivity contribution in [2.45, 2.75) is 20.4 Å². The quantitative estimate of drug-likeness (QED) is 0.362. The Labute approximate surface area is 190 Å². The predicted molar refractivity (Wildman–Crippen MR) is 129 cm³/mol. The van der Waals surface area contributed by atoms with Gasteiger partial charge in [-0.2, -0.15) is 0 Å². The highest BCUT2D eigenvalue weighted by molar-refractivity contribution is 14.1. The van der Waals surface area contributed by atoms with Crippen molar-refractivity contribution in [2.24, 2.45) is 0 Å². The zero-order valence-electron chi connectivity index (χ0n) is 17.1. The number of benzene rings is 3. The molecule has 0 aromatic heterocycles. The minimum absolute atomic E-state index is 0.0914. The summed E-state index contributed by atoms with van der Waals surface area (Å²) in [5, 5.41) is 6.25. The molecule has 0 saturated heterocycles. The zero-order chi connectivity index (χ0) is 21.3. The average Bonchev–Trinajstić information content (AvgIpc) is 2.73. The van der Waals surface area contributed by atoms with Gasteiger partial charge in [-0.15, -0.1) is 0 Å². The van der Waals surface area contributed by atoms with Crippen molar-refractivity contribution in [1.82, 2.24) is 0 Å². The third-order valence-corrected chi connectivity index (χ3v) is 5.09. The fourth-order valence-electron chi connectivity index (χ4n) is 2.94. The molecule has 0 bridgehead atoms. The second-order valence-corrected chi connectivity index (χ2v) is 7.93. The van der Waals surface area contributed by atoms with Crippen LogP contribution in [0.15, 0.2) is 66.7 Å². The largest absolute Gasteiger partial charge is 0.490 e. The number of carbonyl (C=O) groups is 1. The number of rotatable bonds is 9. The lowest BCUT2D eigenvalue weighted by atomic mass is 10.1. The van der Waals surface area contributed by atoms with Gasteiger partial charge in [-0.25, -0.2) is 0 Å². The van der Waals surface area contributed by atoms with Gasteiger partial charge in [-0.3, -0.25) is 4.79 Å². The summed E-state index contributed by atoms with van der Waals surface area (Å²) < 4.78 is 12.5. The molecular formula is C24H25IN2O3. The summed E-state index contributed by atoms with van der Waals surface area (Å²) in [4.78, 5) is 12.2. The van der Waals surface area contributed by atoms with Crippen LogP contribution >= 0.6 is 22.6 Å². The van der Waals surface area contributed by atoms with Gasteiger partial charge in [0.25, 0.3) is 5.91 Å². The summed E-state index contributed by atoms with van der Waals surface area (Å²) in [5.74, 6) is 1.00. The van der Waals surface area contributed by atoms with E-state index in [1.165, 1.54) is 5.56 Å². The number of hydrogen-bond donors (Lipinski definition) is 2. The highest BCUT2D eigenvalue weighted by Crippen LogP contribution is 2.34. The molecule has 5 nitrogen and oxygen atoms in total. The fourth-order valence-corrected chi connectivity index (χ4v) is 3.76. The molecule has 0 heterocycles. The van der Waals surface area contributed by atoms with Crippen LogP contribution in [0.5, 0.6) is 11.5 Å². The Morgan fingerprint density at radius 3 is 2.47 bits per heavy atom. The van der Waals surface area contributed by atoms with Crippen LogP contribution in [-0.4, -0.2) is 19.1 Å². The Morgan fingerprint density at radius 2 is 1.73 bits per heavy atom. The standard InChI is InChI=1S/C24H25IN2O3/c1-3-29-22-14-18(15-26-20-11-7-8-17(2)12-20)13-21(25)24(22)30-16-23(28)27-19-9-5-4-6-10-19/h4-14,26H,3,15-16H2,1-2H3,(H,27,28). The molecule has 30 heavy (non-hydrogen) atoms. The van der Waals surface area contributed by atoms with Crippen molar-refractivity contribution in [1.29, 1.82) is 0 Å². The number of halogens is 1. The number of carbonyl (C=O) groups excluding carboxylic acids is 1. The summed E-state index contributed by atoms with van der Waals surface area (Å²) in [7, 11) is 0. The topological polar surface area (TPSA) is 59.6 Å². The highest BCUT2D eigenvalue weighted by atomic mass is 127. The summed E-state index contributed by atoms with van der Waals surface area (Å²) in [6, 6.07) is 21.6. The van der Waals surface area contributed by atoms with E-state index < -0.39 is 0 Å². The number of nitrogens with one attached hydrogen (secondary N) is 2. The monoisotopic (exact) mass is 516 g/mol. The maximum absolute atomic E-state index is 12.2. The van der Waals surface area contributed by atoms with E-state index in [9.17, 15) is 4.79 Å². The summed E-state index contributed by atoms with van der Waals surface area (Å²) in [6.45, 7) is 5.08. The molecule has 6 heteroatoms. The van der Waals surface area contributed by atoms with Gasteiger partial charge < -0.3 is 20.1 Å². The van der Waals surface area contributed by atoms with Gasteiger partial charge in [0.1, 0.15) is 0 Å². The molecule has 156 valence electrons. The van der Waals surface area contributed by atoms with Gasteiger partial charge in [0.15, 0.2) is 18.1 Å². The van der Waals surface area contributed by atoms with E-state index in [2.05, 4.69) is 52.3 Å². The van der Waals surface area contributed by atoms with Crippen LogP contribution in [0, 0.1) is 10.5 Å². The summed E-state index contributed by atoms with van der Waals surface area (Å²) in [6.07, 6.45) is 0. The van der Waals surface area contributed by atoms with Gasteiger partial charge in [-0.05, 0) is 84.0 Å². The van der Waals surface area contributed by atoms with E-state index in [4.69, 9.17) is 9.47 Å². The van der Waals surface area contributed by atoms with Crippen LogP contribution in [-0.2, 0) is 11.3 Å². The highest BCUT2D eigenvalue weighted by Gasteiger charge is 2.14. The first-order valence-corrected chi connectivity index (χ1v) is 10.9. The normalized spacial score (nSPS) is 10.4. The van der Waals surface area contributed by atoms with Crippen molar-refractivity contribution in [2.75, 3.05) is 23.8 Å². The van der Waals surface area contributed by atoms with Crippen molar-refractivity contribution in [3.05, 3.63) is 81.4 Å². The van der Waals surface area contributed by atoms with Crippen LogP contribution in [0.2, 0.25) is 0 Å². The Bertz CT molecular complexity index is 993. The Morgan fingerprint density at radius 1 is 0.967 bits per heavy atom. The first-order valence-electron chi connectivity index (χ1n) is 9.78. The molecule has 0 spiro atoms. The number of para-hydroxylation sites is 1. The van der Waals surface area contributed by atoms with E-state index in [0.717, 1.165) is 20.5 Å². The van der Waals surface area contributed by atoms with E-state index in [1.807, 2.05) is 61.5 Å². The lowest BCUT2D eigenvalue weighted by molar-refractivity contribution is -0.118. The molecule has 1 amide bonds. The number of aryl methyl sites for hydroxylation is 1. The smallest absolute Gasteiger partial charge is 0.262 e. The first-order chi connectivity index (χ1) is 14.5. The van der Waals surface area contributed by atoms with Crippen molar-refractivity contribution in [3.63, 3.8) is 0 Å². The predicted octanol–water partition coefficient (Wildman–Crippen LogP) is 5.63. The lowest BCUT2D eigenvalue weighted by Gasteiger charge is -2.16. The molecule has 3 aromatic rings. The number of anilines is 2. The molecule has 0 aliphatic carbocycles. The third-order valence-electron chi connectivity index (χ3n) is 4.29. The van der Waals surface area contributed by atoms with Gasteiger partial charge in [0, 0.05) is 17.9 Å². The Hall–Kier alpha value is -2.74. The maximum atomic E-state index is 12.2. The zero-order valence-corrected chi connectivity index (χ0v) is 19.2. The Kier molecular flexibility index (Phi) is 7.96. The van der Waals surface area contributed by atoms with E-state index >= 15 is 0 Å². The lowest BCUT2D eigenvalue weighted by Crippen LogP contribution is -2.20. The second-order valence-electron chi connectivity index (χ2n) is 6.76. The molecule has 2 N–H and O–H groups in total. The van der Waals surface area contributed by atoms with Crippen LogP contribution in [0.1, 0.15) is 18.1 Å². The average molecular weight is 516 g/mol. The van der Waals surface area contributed by atoms with Gasteiger partial charge in [0.05, 0.1) is 10.2 Å². The van der Waals surface area contributed by atoms with Crippen molar-refractivity contribution < 1.29 is 14.3 Å². The van der Waals surface area contributed by atoms with Crippen LogP contribution < -0.4 is 20.1 Å². The van der Waals surface area contributed by atoms with Crippen LogP contribution in [0.3, 0.4) is 0 Å². The van der Waals surface area contributed by atoms with E-state index in [1.54, 1.807) is 0 Å². The molecule has 0 unspecified atom stereocenters. The molecule has 0 fully saturated rings. The minimum Gasteiger partial charge on any atom is -0.490 e. The molecule has 0 atom stereocenters. The van der Waals surface area contributed by atoms with Crippen molar-refractivity contribution >= 4 is 39.9 Å². The molecule has 0 aliphatic heterocycles. The summed E-state index contributed by atoms with van der Waals surface area (Å²) in [5.41, 5.74) is 4.09. The molecular weight excluding hydrogens is 491 g/mol. The second kappa shape index (κ2) is 10.9. The molecule has 0 saturated carbocycles. The number of amides is 1. The van der Waals surface area contributed by atoms with Gasteiger partial charge >= 0.3 is 0 Å². The minimum atomic E-state index is -0.218. The molecule has 3 rings (SSSR count). The first kappa shape index (κ1) is 22.0. The number of hydrogen-bond acceptors (Lipinski definition) is 4. The van der Waals surface area contributed by atoms with E-state index in [-0.39, 0.29) is 12.5 Å². The van der Waals surface area contributed by atoms with Crippen molar-refractivity contribution in [3.8, 4) is 11.5 Å².